The van der Waals surface area contributed by atoms with Crippen molar-refractivity contribution in [3.05, 3.63) is 12.2 Å². The van der Waals surface area contributed by atoms with E-state index in [1.807, 2.05) is 0 Å². The number of hydrogen-bond donors (Lipinski definition) is 2. The molecule has 0 aromatic rings. The number of fused-ring (bicyclic) bond motifs is 5. The number of aliphatic hydroxyl groups excluding tert-OH is 2. The summed E-state index contributed by atoms with van der Waals surface area (Å²) in [5.41, 5.74) is 0. The van der Waals surface area contributed by atoms with Crippen molar-refractivity contribution in [3.8, 4) is 0 Å². The lowest BCUT2D eigenvalue weighted by molar-refractivity contribution is -0.0473. The lowest BCUT2D eigenvalue weighted by Crippen LogP contribution is -2.42. The highest BCUT2D eigenvalue weighted by Gasteiger charge is 2.52. The molecule has 13 heavy (non-hydrogen) atoms. The third-order valence-electron chi connectivity index (χ3n) is 4.23. The van der Waals surface area contributed by atoms with Gasteiger partial charge in [0.25, 0.3) is 0 Å². The van der Waals surface area contributed by atoms with Crippen LogP contribution in [0.25, 0.3) is 0 Å². The van der Waals surface area contributed by atoms with Gasteiger partial charge in [-0.2, -0.15) is 0 Å². The van der Waals surface area contributed by atoms with Crippen molar-refractivity contribution in [2.75, 3.05) is 0 Å². The first kappa shape index (κ1) is 8.01. The normalized spacial score (nSPS) is 58.3. The van der Waals surface area contributed by atoms with Crippen LogP contribution in [0.1, 0.15) is 19.3 Å². The summed E-state index contributed by atoms with van der Waals surface area (Å²) in [7, 11) is 0. The van der Waals surface area contributed by atoms with Gasteiger partial charge in [-0.15, -0.1) is 0 Å². The van der Waals surface area contributed by atoms with E-state index in [1.54, 1.807) is 0 Å². The van der Waals surface area contributed by atoms with E-state index in [1.165, 1.54) is 6.42 Å². The first-order chi connectivity index (χ1) is 6.27. The van der Waals surface area contributed by atoms with E-state index in [9.17, 15) is 10.2 Å². The van der Waals surface area contributed by atoms with Gasteiger partial charge in [0, 0.05) is 0 Å². The Morgan fingerprint density at radius 1 is 0.846 bits per heavy atom. The Kier molecular flexibility index (Phi) is 1.59. The van der Waals surface area contributed by atoms with Crippen LogP contribution < -0.4 is 0 Å². The van der Waals surface area contributed by atoms with Crippen molar-refractivity contribution in [1.82, 2.24) is 0 Å². The third kappa shape index (κ3) is 0.960. The van der Waals surface area contributed by atoms with Crippen LogP contribution in [-0.4, -0.2) is 22.4 Å². The van der Waals surface area contributed by atoms with Crippen LogP contribution in [0.4, 0.5) is 0 Å². The summed E-state index contributed by atoms with van der Waals surface area (Å²) in [4.78, 5) is 0. The monoisotopic (exact) mass is 180 g/mol. The van der Waals surface area contributed by atoms with Crippen LogP contribution in [0.3, 0.4) is 0 Å². The highest BCUT2D eigenvalue weighted by Crippen LogP contribution is 2.53. The van der Waals surface area contributed by atoms with E-state index in [2.05, 4.69) is 12.2 Å². The van der Waals surface area contributed by atoms with Gasteiger partial charge in [0.15, 0.2) is 0 Å². The van der Waals surface area contributed by atoms with Crippen molar-refractivity contribution in [3.63, 3.8) is 0 Å². The zero-order valence-corrected chi connectivity index (χ0v) is 7.63. The first-order valence-corrected chi connectivity index (χ1v) is 5.32. The zero-order valence-electron chi connectivity index (χ0n) is 7.63. The average molecular weight is 180 g/mol. The van der Waals surface area contributed by atoms with E-state index in [4.69, 9.17) is 0 Å². The molecule has 0 amide bonds. The van der Waals surface area contributed by atoms with Crippen LogP contribution >= 0.6 is 0 Å². The van der Waals surface area contributed by atoms with E-state index in [-0.39, 0.29) is 12.2 Å². The largest absolute Gasteiger partial charge is 0.393 e. The third-order valence-corrected chi connectivity index (χ3v) is 4.23. The number of rotatable bonds is 0. The summed E-state index contributed by atoms with van der Waals surface area (Å²) >= 11 is 0. The minimum Gasteiger partial charge on any atom is -0.393 e. The Morgan fingerprint density at radius 3 is 1.77 bits per heavy atom. The van der Waals surface area contributed by atoms with Gasteiger partial charge in [-0.05, 0) is 42.9 Å². The van der Waals surface area contributed by atoms with Crippen molar-refractivity contribution in [2.24, 2.45) is 23.7 Å². The molecule has 0 aliphatic heterocycles. The van der Waals surface area contributed by atoms with Gasteiger partial charge in [0.1, 0.15) is 0 Å². The van der Waals surface area contributed by atoms with E-state index in [0.717, 1.165) is 12.8 Å². The molecule has 2 N–H and O–H groups in total. The molecule has 0 unspecified atom stereocenters. The van der Waals surface area contributed by atoms with Crippen molar-refractivity contribution >= 4 is 0 Å². The fraction of sp³-hybridized carbons (Fsp3) is 0.818. The average Bonchev–Trinajstić information content (AvgIpc) is 2.70. The van der Waals surface area contributed by atoms with E-state index < -0.39 is 0 Å². The predicted molar refractivity (Wildman–Crippen MR) is 49.0 cm³/mol. The lowest BCUT2D eigenvalue weighted by atomic mass is 9.70. The molecule has 2 saturated carbocycles. The molecule has 2 fully saturated rings. The molecule has 3 aliphatic rings. The SMILES string of the molecule is O[C@H]1CC[C@H](O)[C@@H]2[C@H]1[C@@H]1C=C[C@H]2C1. The summed E-state index contributed by atoms with van der Waals surface area (Å²) in [6, 6.07) is 0. The molecule has 0 aromatic heterocycles. The van der Waals surface area contributed by atoms with Crippen LogP contribution in [0, 0.1) is 23.7 Å². The molecule has 2 heteroatoms. The zero-order chi connectivity index (χ0) is 9.00. The van der Waals surface area contributed by atoms with Gasteiger partial charge in [0.05, 0.1) is 12.2 Å². The summed E-state index contributed by atoms with van der Waals surface area (Å²) in [6.45, 7) is 0. The predicted octanol–water partition coefficient (Wildman–Crippen LogP) is 0.940. The standard InChI is InChI=1S/C11H16O2/c12-8-3-4-9(13)11-7-2-1-6(5-7)10(8)11/h1-2,6-13H,3-5H2/t6-,7+,8-,9-,10+,11-/m0/s1. The van der Waals surface area contributed by atoms with Crippen molar-refractivity contribution in [1.29, 1.82) is 0 Å². The van der Waals surface area contributed by atoms with Gasteiger partial charge in [0.2, 0.25) is 0 Å². The van der Waals surface area contributed by atoms with Crippen molar-refractivity contribution in [2.45, 2.75) is 31.5 Å². The van der Waals surface area contributed by atoms with Crippen LogP contribution in [-0.2, 0) is 0 Å². The van der Waals surface area contributed by atoms with Gasteiger partial charge >= 0.3 is 0 Å². The van der Waals surface area contributed by atoms with Crippen LogP contribution in [0.5, 0.6) is 0 Å². The van der Waals surface area contributed by atoms with Gasteiger partial charge < -0.3 is 10.2 Å². The maximum Gasteiger partial charge on any atom is 0.0578 e. The molecule has 3 rings (SSSR count). The van der Waals surface area contributed by atoms with E-state index in [0.29, 0.717) is 23.7 Å². The second-order valence-electron chi connectivity index (χ2n) is 4.82. The topological polar surface area (TPSA) is 40.5 Å². The van der Waals surface area contributed by atoms with Gasteiger partial charge in [-0.1, -0.05) is 12.2 Å². The summed E-state index contributed by atoms with van der Waals surface area (Å²) in [5.74, 6) is 1.83. The Morgan fingerprint density at radius 2 is 1.31 bits per heavy atom. The summed E-state index contributed by atoms with van der Waals surface area (Å²) in [6.07, 6.45) is 6.92. The maximum absolute atomic E-state index is 9.87. The van der Waals surface area contributed by atoms with E-state index >= 15 is 0 Å². The number of allylic oxidation sites excluding steroid dienone is 2. The van der Waals surface area contributed by atoms with Crippen molar-refractivity contribution < 1.29 is 10.2 Å². The molecule has 0 saturated heterocycles. The number of aliphatic hydroxyl groups is 2. The molecule has 0 aromatic carbocycles. The quantitative estimate of drug-likeness (QED) is 0.545. The molecule has 0 spiro atoms. The summed E-state index contributed by atoms with van der Waals surface area (Å²) in [5, 5.41) is 19.7. The Labute approximate surface area is 78.3 Å². The van der Waals surface area contributed by atoms with Crippen LogP contribution in [0.2, 0.25) is 0 Å². The summed E-state index contributed by atoms with van der Waals surface area (Å²) < 4.78 is 0. The fourth-order valence-electron chi connectivity index (χ4n) is 3.71. The number of hydrogen-bond acceptors (Lipinski definition) is 2. The Balaban J connectivity index is 1.94. The maximum atomic E-state index is 9.87. The molecular weight excluding hydrogens is 164 g/mol. The molecule has 3 aliphatic carbocycles. The molecule has 2 nitrogen and oxygen atoms in total. The molecule has 0 radical (unpaired) electrons. The molecule has 72 valence electrons. The highest BCUT2D eigenvalue weighted by molar-refractivity contribution is 5.17. The smallest absolute Gasteiger partial charge is 0.0578 e. The van der Waals surface area contributed by atoms with Crippen LogP contribution in [0.15, 0.2) is 12.2 Å². The Bertz CT molecular complexity index is 224. The minimum atomic E-state index is -0.159. The highest BCUT2D eigenvalue weighted by atomic mass is 16.3. The second-order valence-corrected chi connectivity index (χ2v) is 4.82. The van der Waals surface area contributed by atoms with Gasteiger partial charge in [-0.25, -0.2) is 0 Å². The lowest BCUT2D eigenvalue weighted by Gasteiger charge is -2.39. The molecule has 2 bridgehead atoms. The molecule has 6 atom stereocenters. The molecular formula is C11H16O2. The van der Waals surface area contributed by atoms with Gasteiger partial charge in [-0.3, -0.25) is 0 Å². The molecule has 0 heterocycles. The Hall–Kier alpha value is -0.340. The fourth-order valence-corrected chi connectivity index (χ4v) is 3.71. The minimum absolute atomic E-state index is 0.159. The second kappa shape index (κ2) is 2.58. The first-order valence-electron chi connectivity index (χ1n) is 5.32.